The molecular formula is C16H12F3N3OS3. The summed E-state index contributed by atoms with van der Waals surface area (Å²) in [6, 6.07) is 6.80. The summed E-state index contributed by atoms with van der Waals surface area (Å²) >= 11 is 3.93. The summed E-state index contributed by atoms with van der Waals surface area (Å²) < 4.78 is 38.3. The monoisotopic (exact) mass is 415 g/mol. The Balaban J connectivity index is 1.56. The van der Waals surface area contributed by atoms with Crippen LogP contribution < -0.4 is 5.32 Å². The van der Waals surface area contributed by atoms with Crippen LogP contribution in [0.25, 0.3) is 0 Å². The minimum Gasteiger partial charge on any atom is -0.296 e. The molecule has 1 aromatic carbocycles. The van der Waals surface area contributed by atoms with Gasteiger partial charge in [0.25, 0.3) is 5.91 Å². The van der Waals surface area contributed by atoms with Crippen molar-refractivity contribution in [1.82, 2.24) is 10.2 Å². The molecular weight excluding hydrogens is 403 g/mol. The lowest BCUT2D eigenvalue weighted by Crippen LogP contribution is -2.09. The van der Waals surface area contributed by atoms with Gasteiger partial charge < -0.3 is 0 Å². The lowest BCUT2D eigenvalue weighted by atomic mass is 10.1. The molecule has 3 rings (SSSR count). The standard InChI is InChI=1S/C16H12F3N3OS3/c1-9-6-12(24-7-9)13(23)20-14-21-22-15(26-14)25-8-10-2-4-11(5-3-10)16(17,18)19/h2-7H,8H2,1H3,(H,20,21,23). The van der Waals surface area contributed by atoms with E-state index in [4.69, 9.17) is 0 Å². The third-order valence-corrected chi connectivity index (χ3v) is 6.31. The molecule has 3 aromatic rings. The fourth-order valence-electron chi connectivity index (χ4n) is 1.96. The molecule has 0 fully saturated rings. The second kappa shape index (κ2) is 7.77. The van der Waals surface area contributed by atoms with Gasteiger partial charge in [-0.05, 0) is 41.6 Å². The van der Waals surface area contributed by atoms with Crippen LogP contribution in [0.5, 0.6) is 0 Å². The van der Waals surface area contributed by atoms with E-state index < -0.39 is 11.7 Å². The number of carbonyl (C=O) groups is 1. The first-order valence-electron chi connectivity index (χ1n) is 7.30. The number of nitrogens with zero attached hydrogens (tertiary/aromatic N) is 2. The Morgan fingerprint density at radius 2 is 1.96 bits per heavy atom. The molecule has 10 heteroatoms. The lowest BCUT2D eigenvalue weighted by molar-refractivity contribution is -0.137. The largest absolute Gasteiger partial charge is 0.416 e. The van der Waals surface area contributed by atoms with Crippen molar-refractivity contribution in [1.29, 1.82) is 0 Å². The third-order valence-electron chi connectivity index (χ3n) is 3.22. The molecule has 1 N–H and O–H groups in total. The maximum Gasteiger partial charge on any atom is 0.416 e. The van der Waals surface area contributed by atoms with E-state index in [1.165, 1.54) is 46.6 Å². The van der Waals surface area contributed by atoms with Crippen molar-refractivity contribution in [3.05, 3.63) is 57.3 Å². The van der Waals surface area contributed by atoms with Crippen LogP contribution in [0.2, 0.25) is 0 Å². The van der Waals surface area contributed by atoms with E-state index in [-0.39, 0.29) is 5.91 Å². The number of carbonyl (C=O) groups excluding carboxylic acids is 1. The number of hydrogen-bond donors (Lipinski definition) is 1. The minimum absolute atomic E-state index is 0.237. The topological polar surface area (TPSA) is 54.9 Å². The smallest absolute Gasteiger partial charge is 0.296 e. The average molecular weight is 415 g/mol. The molecule has 0 bridgehead atoms. The number of hydrogen-bond acceptors (Lipinski definition) is 6. The van der Waals surface area contributed by atoms with Crippen LogP contribution in [0, 0.1) is 6.92 Å². The van der Waals surface area contributed by atoms with Gasteiger partial charge >= 0.3 is 6.18 Å². The first-order chi connectivity index (χ1) is 12.3. The number of benzene rings is 1. The normalized spacial score (nSPS) is 11.5. The summed E-state index contributed by atoms with van der Waals surface area (Å²) in [4.78, 5) is 12.7. The van der Waals surface area contributed by atoms with Crippen molar-refractivity contribution in [3.8, 4) is 0 Å². The van der Waals surface area contributed by atoms with E-state index in [1.54, 1.807) is 6.07 Å². The molecule has 0 aliphatic heterocycles. The second-order valence-electron chi connectivity index (χ2n) is 5.30. The number of aromatic nitrogens is 2. The van der Waals surface area contributed by atoms with Gasteiger partial charge in [-0.15, -0.1) is 21.5 Å². The van der Waals surface area contributed by atoms with Gasteiger partial charge in [-0.3, -0.25) is 10.1 Å². The molecule has 0 aliphatic carbocycles. The molecule has 1 amide bonds. The summed E-state index contributed by atoms with van der Waals surface area (Å²) in [5.41, 5.74) is 1.10. The highest BCUT2D eigenvalue weighted by molar-refractivity contribution is 8.00. The molecule has 0 saturated heterocycles. The maximum atomic E-state index is 12.5. The number of alkyl halides is 3. The first kappa shape index (κ1) is 18.9. The molecule has 0 unspecified atom stereocenters. The Bertz CT molecular complexity index is 903. The fraction of sp³-hybridized carbons (Fsp3) is 0.188. The number of thioether (sulfide) groups is 1. The molecule has 4 nitrogen and oxygen atoms in total. The molecule has 0 atom stereocenters. The van der Waals surface area contributed by atoms with Crippen LogP contribution in [0.4, 0.5) is 18.3 Å². The fourth-order valence-corrected chi connectivity index (χ4v) is 4.46. The Morgan fingerprint density at radius 1 is 1.23 bits per heavy atom. The van der Waals surface area contributed by atoms with E-state index in [1.807, 2.05) is 12.3 Å². The molecule has 2 heterocycles. The number of nitrogens with one attached hydrogen (secondary N) is 1. The van der Waals surface area contributed by atoms with Crippen LogP contribution in [0.15, 0.2) is 40.1 Å². The van der Waals surface area contributed by atoms with Crippen LogP contribution in [-0.4, -0.2) is 16.1 Å². The lowest BCUT2D eigenvalue weighted by Gasteiger charge is -2.06. The summed E-state index contributed by atoms with van der Waals surface area (Å²) in [5, 5.41) is 12.9. The number of rotatable bonds is 5. The zero-order valence-electron chi connectivity index (χ0n) is 13.3. The van der Waals surface area contributed by atoms with Gasteiger partial charge in [-0.2, -0.15) is 13.2 Å². The highest BCUT2D eigenvalue weighted by Gasteiger charge is 2.29. The molecule has 26 heavy (non-hydrogen) atoms. The van der Waals surface area contributed by atoms with Gasteiger partial charge in [0.1, 0.15) is 0 Å². The van der Waals surface area contributed by atoms with Gasteiger partial charge in [0, 0.05) is 5.75 Å². The molecule has 136 valence electrons. The second-order valence-corrected chi connectivity index (χ2v) is 8.41. The van der Waals surface area contributed by atoms with Crippen molar-refractivity contribution in [3.63, 3.8) is 0 Å². The van der Waals surface area contributed by atoms with Crippen molar-refractivity contribution < 1.29 is 18.0 Å². The third kappa shape index (κ3) is 4.83. The van der Waals surface area contributed by atoms with Crippen LogP contribution in [-0.2, 0) is 11.9 Å². The number of anilines is 1. The highest BCUT2D eigenvalue weighted by Crippen LogP contribution is 2.31. The summed E-state index contributed by atoms with van der Waals surface area (Å²) in [5.74, 6) is 0.226. The number of amides is 1. The molecule has 0 radical (unpaired) electrons. The number of thiophene rings is 1. The van der Waals surface area contributed by atoms with Crippen LogP contribution >= 0.6 is 34.4 Å². The summed E-state index contributed by atoms with van der Waals surface area (Å²) in [6.45, 7) is 1.91. The zero-order chi connectivity index (χ0) is 18.7. The van der Waals surface area contributed by atoms with E-state index in [0.29, 0.717) is 20.1 Å². The quantitative estimate of drug-likeness (QED) is 0.443. The molecule has 2 aromatic heterocycles. The Labute approximate surface area is 159 Å². The van der Waals surface area contributed by atoms with E-state index in [0.717, 1.165) is 23.3 Å². The maximum absolute atomic E-state index is 12.5. The van der Waals surface area contributed by atoms with Gasteiger partial charge in [0.2, 0.25) is 5.13 Å². The van der Waals surface area contributed by atoms with Crippen LogP contribution in [0.3, 0.4) is 0 Å². The van der Waals surface area contributed by atoms with Gasteiger partial charge in [-0.25, -0.2) is 0 Å². The molecule has 0 saturated carbocycles. The highest BCUT2D eigenvalue weighted by atomic mass is 32.2. The van der Waals surface area contributed by atoms with E-state index in [2.05, 4.69) is 15.5 Å². The van der Waals surface area contributed by atoms with Gasteiger partial charge in [0.15, 0.2) is 4.34 Å². The van der Waals surface area contributed by atoms with Crippen molar-refractivity contribution in [2.75, 3.05) is 5.32 Å². The predicted molar refractivity (Wildman–Crippen MR) is 97.9 cm³/mol. The average Bonchev–Trinajstić information content (AvgIpc) is 3.21. The number of aryl methyl sites for hydroxylation is 1. The van der Waals surface area contributed by atoms with Crippen molar-refractivity contribution in [2.24, 2.45) is 0 Å². The predicted octanol–water partition coefficient (Wildman–Crippen LogP) is 5.47. The SMILES string of the molecule is Cc1csc(C(=O)Nc2nnc(SCc3ccc(C(F)(F)F)cc3)s2)c1. The van der Waals surface area contributed by atoms with Crippen LogP contribution in [0.1, 0.15) is 26.4 Å². The molecule has 0 aliphatic rings. The van der Waals surface area contributed by atoms with Gasteiger partial charge in [-0.1, -0.05) is 35.2 Å². The minimum atomic E-state index is -4.33. The number of halogens is 3. The van der Waals surface area contributed by atoms with Crippen molar-refractivity contribution in [2.45, 2.75) is 23.2 Å². The first-order valence-corrected chi connectivity index (χ1v) is 9.98. The zero-order valence-corrected chi connectivity index (χ0v) is 15.8. The summed E-state index contributed by atoms with van der Waals surface area (Å²) in [7, 11) is 0. The van der Waals surface area contributed by atoms with E-state index >= 15 is 0 Å². The van der Waals surface area contributed by atoms with E-state index in [9.17, 15) is 18.0 Å². The van der Waals surface area contributed by atoms with Gasteiger partial charge in [0.05, 0.1) is 10.4 Å². The Morgan fingerprint density at radius 3 is 2.58 bits per heavy atom. The Kier molecular flexibility index (Phi) is 5.64. The summed E-state index contributed by atoms with van der Waals surface area (Å²) in [6.07, 6.45) is -4.33. The Hall–Kier alpha value is -1.91. The molecule has 0 spiro atoms. The van der Waals surface area contributed by atoms with Crippen molar-refractivity contribution >= 4 is 45.5 Å².